The lowest BCUT2D eigenvalue weighted by Crippen LogP contribution is -2.31. The molecular formula is C19H27N3O2. The molecule has 1 amide bonds. The Kier molecular flexibility index (Phi) is 5.51. The SMILES string of the molecule is CN[C@@H](C)CC=Cc1cncc(O[C@H]2CCN(C(=O)C3CC3)C2)c1. The molecule has 2 fully saturated rings. The van der Waals surface area contributed by atoms with Crippen molar-refractivity contribution >= 4 is 12.0 Å². The van der Waals surface area contributed by atoms with Crippen molar-refractivity contribution in [2.24, 2.45) is 5.92 Å². The summed E-state index contributed by atoms with van der Waals surface area (Å²) in [5.74, 6) is 1.39. The number of likely N-dealkylation sites (tertiary alicyclic amines) is 1. The average Bonchev–Trinajstić information content (AvgIpc) is 3.34. The van der Waals surface area contributed by atoms with Gasteiger partial charge >= 0.3 is 0 Å². The van der Waals surface area contributed by atoms with E-state index < -0.39 is 0 Å². The first-order chi connectivity index (χ1) is 11.7. The van der Waals surface area contributed by atoms with Gasteiger partial charge in [-0.25, -0.2) is 0 Å². The molecule has 0 unspecified atom stereocenters. The molecule has 1 aromatic rings. The minimum Gasteiger partial charge on any atom is -0.487 e. The van der Waals surface area contributed by atoms with Crippen LogP contribution in [0.2, 0.25) is 0 Å². The third-order valence-corrected chi connectivity index (χ3v) is 4.71. The van der Waals surface area contributed by atoms with E-state index in [0.717, 1.165) is 43.5 Å². The zero-order valence-electron chi connectivity index (χ0n) is 14.6. The van der Waals surface area contributed by atoms with Crippen molar-refractivity contribution in [1.29, 1.82) is 0 Å². The van der Waals surface area contributed by atoms with Crippen molar-refractivity contribution in [3.63, 3.8) is 0 Å². The molecule has 1 saturated heterocycles. The van der Waals surface area contributed by atoms with Gasteiger partial charge in [0.25, 0.3) is 0 Å². The number of pyridine rings is 1. The molecule has 2 atom stereocenters. The van der Waals surface area contributed by atoms with E-state index in [4.69, 9.17) is 4.74 Å². The van der Waals surface area contributed by atoms with E-state index >= 15 is 0 Å². The average molecular weight is 329 g/mol. The Morgan fingerprint density at radius 1 is 1.46 bits per heavy atom. The van der Waals surface area contributed by atoms with Gasteiger partial charge in [0.15, 0.2) is 0 Å². The van der Waals surface area contributed by atoms with Gasteiger partial charge in [0.1, 0.15) is 11.9 Å². The van der Waals surface area contributed by atoms with Crippen molar-refractivity contribution in [2.75, 3.05) is 20.1 Å². The summed E-state index contributed by atoms with van der Waals surface area (Å²) in [6.45, 7) is 3.67. The number of hydrogen-bond acceptors (Lipinski definition) is 4. The summed E-state index contributed by atoms with van der Waals surface area (Å²) in [7, 11) is 1.97. The van der Waals surface area contributed by atoms with Crippen molar-refractivity contribution in [2.45, 2.75) is 44.8 Å². The number of aromatic nitrogens is 1. The van der Waals surface area contributed by atoms with Gasteiger partial charge in [0.2, 0.25) is 5.91 Å². The van der Waals surface area contributed by atoms with Gasteiger partial charge in [-0.3, -0.25) is 9.78 Å². The highest BCUT2D eigenvalue weighted by atomic mass is 16.5. The van der Waals surface area contributed by atoms with Crippen molar-refractivity contribution < 1.29 is 9.53 Å². The van der Waals surface area contributed by atoms with Crippen LogP contribution in [-0.2, 0) is 4.79 Å². The van der Waals surface area contributed by atoms with Crippen LogP contribution in [0.15, 0.2) is 24.5 Å². The quantitative estimate of drug-likeness (QED) is 0.835. The van der Waals surface area contributed by atoms with Gasteiger partial charge in [0.05, 0.1) is 12.7 Å². The minimum absolute atomic E-state index is 0.0815. The predicted octanol–water partition coefficient (Wildman–Crippen LogP) is 2.48. The second-order valence-electron chi connectivity index (χ2n) is 6.87. The first-order valence-corrected chi connectivity index (χ1v) is 8.90. The van der Waals surface area contributed by atoms with Gasteiger partial charge in [-0.1, -0.05) is 12.2 Å². The number of nitrogens with zero attached hydrogens (tertiary/aromatic N) is 2. The lowest BCUT2D eigenvalue weighted by Gasteiger charge is -2.17. The molecule has 24 heavy (non-hydrogen) atoms. The molecule has 130 valence electrons. The maximum absolute atomic E-state index is 12.1. The van der Waals surface area contributed by atoms with E-state index in [0.29, 0.717) is 24.4 Å². The highest BCUT2D eigenvalue weighted by Crippen LogP contribution is 2.32. The maximum atomic E-state index is 12.1. The minimum atomic E-state index is 0.0815. The van der Waals surface area contributed by atoms with E-state index in [1.165, 1.54) is 0 Å². The van der Waals surface area contributed by atoms with Crippen LogP contribution in [0.25, 0.3) is 6.08 Å². The van der Waals surface area contributed by atoms with Gasteiger partial charge in [-0.2, -0.15) is 0 Å². The van der Waals surface area contributed by atoms with Gasteiger partial charge in [0, 0.05) is 31.1 Å². The summed E-state index contributed by atoms with van der Waals surface area (Å²) in [5, 5.41) is 3.21. The lowest BCUT2D eigenvalue weighted by molar-refractivity contribution is -0.131. The second kappa shape index (κ2) is 7.79. The van der Waals surface area contributed by atoms with E-state index in [1.54, 1.807) is 6.20 Å². The second-order valence-corrected chi connectivity index (χ2v) is 6.87. The summed E-state index contributed by atoms with van der Waals surface area (Å²) in [4.78, 5) is 18.3. The fourth-order valence-corrected chi connectivity index (χ4v) is 2.92. The summed E-state index contributed by atoms with van der Waals surface area (Å²) >= 11 is 0. The zero-order valence-corrected chi connectivity index (χ0v) is 14.6. The molecular weight excluding hydrogens is 302 g/mol. The van der Waals surface area contributed by atoms with Gasteiger partial charge in [-0.15, -0.1) is 0 Å². The van der Waals surface area contributed by atoms with E-state index in [9.17, 15) is 4.79 Å². The van der Waals surface area contributed by atoms with Crippen LogP contribution in [0.4, 0.5) is 0 Å². The maximum Gasteiger partial charge on any atom is 0.225 e. The molecule has 2 heterocycles. The molecule has 2 aliphatic rings. The van der Waals surface area contributed by atoms with Gasteiger partial charge < -0.3 is 15.0 Å². The highest BCUT2D eigenvalue weighted by Gasteiger charge is 2.37. The van der Waals surface area contributed by atoms with Crippen LogP contribution in [0.1, 0.15) is 38.2 Å². The molecule has 1 aliphatic carbocycles. The summed E-state index contributed by atoms with van der Waals surface area (Å²) in [6, 6.07) is 2.47. The Bertz CT molecular complexity index is 598. The van der Waals surface area contributed by atoms with Gasteiger partial charge in [-0.05, 0) is 44.9 Å². The largest absolute Gasteiger partial charge is 0.487 e. The topological polar surface area (TPSA) is 54.5 Å². The normalized spacial score (nSPS) is 22.1. The fraction of sp³-hybridized carbons (Fsp3) is 0.579. The molecule has 3 rings (SSSR count). The van der Waals surface area contributed by atoms with Crippen LogP contribution >= 0.6 is 0 Å². The molecule has 0 bridgehead atoms. The predicted molar refractivity (Wildman–Crippen MR) is 94.7 cm³/mol. The Labute approximate surface area is 144 Å². The summed E-state index contributed by atoms with van der Waals surface area (Å²) in [6.07, 6.45) is 11.9. The van der Waals surface area contributed by atoms with Crippen LogP contribution in [0.5, 0.6) is 5.75 Å². The van der Waals surface area contributed by atoms with Crippen molar-refractivity contribution in [3.05, 3.63) is 30.1 Å². The monoisotopic (exact) mass is 329 g/mol. The number of hydrogen-bond donors (Lipinski definition) is 1. The van der Waals surface area contributed by atoms with Crippen LogP contribution in [0, 0.1) is 5.92 Å². The lowest BCUT2D eigenvalue weighted by atomic mass is 10.2. The Balaban J connectivity index is 1.52. The fourth-order valence-electron chi connectivity index (χ4n) is 2.92. The van der Waals surface area contributed by atoms with Crippen molar-refractivity contribution in [3.8, 4) is 5.75 Å². The molecule has 0 aromatic carbocycles. The third kappa shape index (κ3) is 4.57. The number of rotatable bonds is 7. The Morgan fingerprint density at radius 3 is 3.04 bits per heavy atom. The van der Waals surface area contributed by atoms with E-state index in [-0.39, 0.29) is 6.10 Å². The van der Waals surface area contributed by atoms with Crippen LogP contribution < -0.4 is 10.1 Å². The standard InChI is InChI=1S/C19H27N3O2/c1-14(20-2)4-3-5-15-10-18(12-21-11-15)24-17-8-9-22(13-17)19(23)16-6-7-16/h3,5,10-12,14,16-17,20H,4,6-9,13H2,1-2H3/t14-,17-/m0/s1. The zero-order chi connectivity index (χ0) is 16.9. The molecule has 5 nitrogen and oxygen atoms in total. The number of carbonyl (C=O) groups excluding carboxylic acids is 1. The molecule has 0 radical (unpaired) electrons. The third-order valence-electron chi connectivity index (χ3n) is 4.71. The number of nitrogens with one attached hydrogen (secondary N) is 1. The molecule has 0 spiro atoms. The summed E-state index contributed by atoms with van der Waals surface area (Å²) in [5.41, 5.74) is 1.04. The van der Waals surface area contributed by atoms with Crippen LogP contribution in [-0.4, -0.2) is 48.1 Å². The van der Waals surface area contributed by atoms with Crippen molar-refractivity contribution in [1.82, 2.24) is 15.2 Å². The molecule has 1 aliphatic heterocycles. The Hall–Kier alpha value is -1.88. The highest BCUT2D eigenvalue weighted by molar-refractivity contribution is 5.81. The first-order valence-electron chi connectivity index (χ1n) is 8.90. The number of amides is 1. The van der Waals surface area contributed by atoms with E-state index in [1.807, 2.05) is 24.2 Å². The smallest absolute Gasteiger partial charge is 0.225 e. The molecule has 1 N–H and O–H groups in total. The number of carbonyl (C=O) groups is 1. The molecule has 1 aromatic heterocycles. The molecule has 5 heteroatoms. The number of ether oxygens (including phenoxy) is 1. The molecule has 1 saturated carbocycles. The van der Waals surface area contributed by atoms with E-state index in [2.05, 4.69) is 29.4 Å². The summed E-state index contributed by atoms with van der Waals surface area (Å²) < 4.78 is 6.04. The first kappa shape index (κ1) is 17.0. The Morgan fingerprint density at radius 2 is 2.29 bits per heavy atom. The van der Waals surface area contributed by atoms with Crippen LogP contribution in [0.3, 0.4) is 0 Å².